The summed E-state index contributed by atoms with van der Waals surface area (Å²) in [5.41, 5.74) is 0. The van der Waals surface area contributed by atoms with Crippen molar-refractivity contribution >= 4 is 0 Å². The Hall–Kier alpha value is -0.290. The van der Waals surface area contributed by atoms with Gasteiger partial charge in [-0.25, -0.2) is 0 Å². The number of halogens is 3. The summed E-state index contributed by atoms with van der Waals surface area (Å²) in [6.45, 7) is 6.64. The molecular formula is C12H23F3N2. The van der Waals surface area contributed by atoms with Crippen LogP contribution in [-0.2, 0) is 0 Å². The van der Waals surface area contributed by atoms with Crippen molar-refractivity contribution in [2.75, 3.05) is 32.7 Å². The summed E-state index contributed by atoms with van der Waals surface area (Å²) >= 11 is 0. The predicted octanol–water partition coefficient (Wildman–Crippen LogP) is 2.51. The van der Waals surface area contributed by atoms with Gasteiger partial charge in [-0.15, -0.1) is 0 Å². The Morgan fingerprint density at radius 1 is 1.24 bits per heavy atom. The summed E-state index contributed by atoms with van der Waals surface area (Å²) in [6, 6.07) is 0. The van der Waals surface area contributed by atoms with Gasteiger partial charge in [0.25, 0.3) is 0 Å². The van der Waals surface area contributed by atoms with Crippen LogP contribution in [0.1, 0.15) is 26.7 Å². The molecule has 0 aliphatic carbocycles. The molecule has 2 nitrogen and oxygen atoms in total. The van der Waals surface area contributed by atoms with Gasteiger partial charge in [0, 0.05) is 0 Å². The molecule has 0 saturated carbocycles. The Kier molecular flexibility index (Phi) is 5.73. The molecule has 0 spiro atoms. The number of nitrogens with zero attached hydrogens (tertiary/aromatic N) is 1. The first-order valence-electron chi connectivity index (χ1n) is 6.36. The van der Waals surface area contributed by atoms with Crippen LogP contribution in [-0.4, -0.2) is 43.8 Å². The second-order valence-corrected chi connectivity index (χ2v) is 5.39. The van der Waals surface area contributed by atoms with E-state index in [9.17, 15) is 13.2 Å². The van der Waals surface area contributed by atoms with Crippen LogP contribution < -0.4 is 5.32 Å². The van der Waals surface area contributed by atoms with E-state index in [2.05, 4.69) is 19.2 Å². The van der Waals surface area contributed by atoms with Crippen molar-refractivity contribution in [3.05, 3.63) is 0 Å². The smallest absolute Gasteiger partial charge is 0.316 e. The molecule has 1 fully saturated rings. The molecule has 1 heterocycles. The number of alkyl halides is 3. The molecule has 1 N–H and O–H groups in total. The molecule has 0 aromatic heterocycles. The standard InChI is InChI=1S/C12H23F3N2/c1-10(2)7-16-8-11-3-5-17(6-4-11)9-12(13,14)15/h10-11,16H,3-9H2,1-2H3. The molecule has 0 aromatic carbocycles. The number of hydrogen-bond acceptors (Lipinski definition) is 2. The average molecular weight is 252 g/mol. The molecule has 0 unspecified atom stereocenters. The third kappa shape index (κ3) is 6.88. The van der Waals surface area contributed by atoms with E-state index in [1.54, 1.807) is 0 Å². The molecule has 102 valence electrons. The SMILES string of the molecule is CC(C)CNCC1CCN(CC(F)(F)F)CC1. The molecule has 0 bridgehead atoms. The van der Waals surface area contributed by atoms with Crippen LogP contribution in [0.15, 0.2) is 0 Å². The Bertz CT molecular complexity index is 208. The first kappa shape index (κ1) is 14.8. The van der Waals surface area contributed by atoms with Crippen molar-refractivity contribution in [1.29, 1.82) is 0 Å². The predicted molar refractivity (Wildman–Crippen MR) is 62.9 cm³/mol. The molecule has 0 amide bonds. The molecule has 1 aliphatic heterocycles. The van der Waals surface area contributed by atoms with Crippen LogP contribution in [0.4, 0.5) is 13.2 Å². The van der Waals surface area contributed by atoms with Crippen molar-refractivity contribution < 1.29 is 13.2 Å². The molecule has 17 heavy (non-hydrogen) atoms. The molecular weight excluding hydrogens is 229 g/mol. The summed E-state index contributed by atoms with van der Waals surface area (Å²) in [6.07, 6.45) is -2.30. The van der Waals surface area contributed by atoms with Gasteiger partial charge in [-0.3, -0.25) is 4.90 Å². The molecule has 0 atom stereocenters. The average Bonchev–Trinajstić information content (AvgIpc) is 2.18. The lowest BCUT2D eigenvalue weighted by Gasteiger charge is -2.32. The van der Waals surface area contributed by atoms with Gasteiger partial charge < -0.3 is 5.32 Å². The van der Waals surface area contributed by atoms with Gasteiger partial charge in [0.15, 0.2) is 0 Å². The van der Waals surface area contributed by atoms with Crippen molar-refractivity contribution in [2.24, 2.45) is 11.8 Å². The van der Waals surface area contributed by atoms with Crippen molar-refractivity contribution in [3.63, 3.8) is 0 Å². The molecule has 1 rings (SSSR count). The van der Waals surface area contributed by atoms with Crippen LogP contribution >= 0.6 is 0 Å². The van der Waals surface area contributed by atoms with E-state index in [0.29, 0.717) is 24.9 Å². The van der Waals surface area contributed by atoms with Gasteiger partial charge in [-0.05, 0) is 50.9 Å². The second kappa shape index (κ2) is 6.59. The molecule has 1 aliphatic rings. The maximum atomic E-state index is 12.2. The van der Waals surface area contributed by atoms with Crippen molar-refractivity contribution in [1.82, 2.24) is 10.2 Å². The van der Waals surface area contributed by atoms with E-state index < -0.39 is 12.7 Å². The third-order valence-corrected chi connectivity index (χ3v) is 3.10. The van der Waals surface area contributed by atoms with E-state index in [0.717, 1.165) is 25.9 Å². The monoisotopic (exact) mass is 252 g/mol. The van der Waals surface area contributed by atoms with Crippen LogP contribution in [0.3, 0.4) is 0 Å². The quantitative estimate of drug-likeness (QED) is 0.808. The molecule has 5 heteroatoms. The summed E-state index contributed by atoms with van der Waals surface area (Å²) in [5.74, 6) is 1.17. The van der Waals surface area contributed by atoms with Crippen LogP contribution in [0.5, 0.6) is 0 Å². The number of hydrogen-bond donors (Lipinski definition) is 1. The number of likely N-dealkylation sites (tertiary alicyclic amines) is 1. The molecule has 1 saturated heterocycles. The van der Waals surface area contributed by atoms with Gasteiger partial charge in [0.05, 0.1) is 6.54 Å². The maximum Gasteiger partial charge on any atom is 0.401 e. The largest absolute Gasteiger partial charge is 0.401 e. The van der Waals surface area contributed by atoms with Crippen molar-refractivity contribution in [3.8, 4) is 0 Å². The van der Waals surface area contributed by atoms with Gasteiger partial charge in [-0.1, -0.05) is 13.8 Å². The highest BCUT2D eigenvalue weighted by molar-refractivity contribution is 4.75. The van der Waals surface area contributed by atoms with Crippen LogP contribution in [0.25, 0.3) is 0 Å². The Morgan fingerprint density at radius 3 is 2.29 bits per heavy atom. The normalized spacial score (nSPS) is 20.1. The summed E-state index contributed by atoms with van der Waals surface area (Å²) in [4.78, 5) is 1.51. The first-order chi connectivity index (χ1) is 7.87. The summed E-state index contributed by atoms with van der Waals surface area (Å²) < 4.78 is 36.5. The van der Waals surface area contributed by atoms with E-state index in [4.69, 9.17) is 0 Å². The van der Waals surface area contributed by atoms with Crippen LogP contribution in [0.2, 0.25) is 0 Å². The highest BCUT2D eigenvalue weighted by Crippen LogP contribution is 2.22. The zero-order chi connectivity index (χ0) is 12.9. The van der Waals surface area contributed by atoms with Gasteiger partial charge in [0.1, 0.15) is 0 Å². The molecule has 0 aromatic rings. The van der Waals surface area contributed by atoms with Gasteiger partial charge >= 0.3 is 6.18 Å². The van der Waals surface area contributed by atoms with E-state index in [-0.39, 0.29) is 0 Å². The highest BCUT2D eigenvalue weighted by Gasteiger charge is 2.32. The topological polar surface area (TPSA) is 15.3 Å². The minimum atomic E-state index is -4.05. The second-order valence-electron chi connectivity index (χ2n) is 5.39. The van der Waals surface area contributed by atoms with Gasteiger partial charge in [-0.2, -0.15) is 13.2 Å². The number of nitrogens with one attached hydrogen (secondary N) is 1. The number of rotatable bonds is 5. The highest BCUT2D eigenvalue weighted by atomic mass is 19.4. The zero-order valence-electron chi connectivity index (χ0n) is 10.7. The Morgan fingerprint density at radius 2 is 1.82 bits per heavy atom. The molecule has 0 radical (unpaired) electrons. The minimum absolute atomic E-state index is 0.540. The Balaban J connectivity index is 2.13. The van der Waals surface area contributed by atoms with E-state index in [1.165, 1.54) is 4.90 Å². The van der Waals surface area contributed by atoms with Crippen LogP contribution in [0, 0.1) is 11.8 Å². The lowest BCUT2D eigenvalue weighted by atomic mass is 9.96. The lowest BCUT2D eigenvalue weighted by molar-refractivity contribution is -0.148. The maximum absolute atomic E-state index is 12.2. The fourth-order valence-electron chi connectivity index (χ4n) is 2.18. The first-order valence-corrected chi connectivity index (χ1v) is 6.36. The van der Waals surface area contributed by atoms with E-state index in [1.807, 2.05) is 0 Å². The lowest BCUT2D eigenvalue weighted by Crippen LogP contribution is -2.42. The van der Waals surface area contributed by atoms with Gasteiger partial charge in [0.2, 0.25) is 0 Å². The Labute approximate surface area is 102 Å². The fourth-order valence-corrected chi connectivity index (χ4v) is 2.18. The van der Waals surface area contributed by atoms with Crippen molar-refractivity contribution in [2.45, 2.75) is 32.9 Å². The summed E-state index contributed by atoms with van der Waals surface area (Å²) in [7, 11) is 0. The third-order valence-electron chi connectivity index (χ3n) is 3.10. The minimum Gasteiger partial charge on any atom is -0.316 e. The zero-order valence-corrected chi connectivity index (χ0v) is 10.7. The summed E-state index contributed by atoms with van der Waals surface area (Å²) in [5, 5.41) is 3.38. The number of piperidine rings is 1. The van der Waals surface area contributed by atoms with E-state index >= 15 is 0 Å². The fraction of sp³-hybridized carbons (Fsp3) is 1.00.